The maximum atomic E-state index is 14.8. The van der Waals surface area contributed by atoms with Crippen LogP contribution in [-0.2, 0) is 76.8 Å². The molecule has 4 saturated heterocycles. The number of methoxy groups -OCH3 is 2. The van der Waals surface area contributed by atoms with Gasteiger partial charge in [-0.1, -0.05) is 85.0 Å². The van der Waals surface area contributed by atoms with Crippen molar-refractivity contribution in [2.75, 3.05) is 134 Å². The molecule has 9 N–H and O–H groups in total. The predicted molar refractivity (Wildman–Crippen MR) is 491 cm³/mol. The number of ether oxygens (including phenoxy) is 14. The number of nitrogens with one attached hydrogen (secondary N) is 1. The molecule has 7 aliphatic rings. The second-order valence-electron chi connectivity index (χ2n) is 34.4. The predicted octanol–water partition coefficient (Wildman–Crippen LogP) is 7.37. The van der Waals surface area contributed by atoms with E-state index in [9.17, 15) is 84.0 Å². The highest BCUT2D eigenvalue weighted by atomic mass is 16.7. The van der Waals surface area contributed by atoms with Crippen LogP contribution in [0.2, 0.25) is 0 Å². The molecule has 37 heteroatoms. The number of unbranched alkanes of at least 4 members (excludes halogenated alkanes) is 4. The van der Waals surface area contributed by atoms with Crippen LogP contribution < -0.4 is 43.7 Å². The van der Waals surface area contributed by atoms with E-state index in [2.05, 4.69) is 30.3 Å². The van der Waals surface area contributed by atoms with Crippen LogP contribution in [0.5, 0.6) is 28.7 Å². The van der Waals surface area contributed by atoms with Crippen molar-refractivity contribution >= 4 is 70.2 Å². The maximum absolute atomic E-state index is 14.8. The molecule has 2 unspecified atom stereocenters. The molecule has 4 fully saturated rings. The Bertz CT molecular complexity index is 5370. The summed E-state index contributed by atoms with van der Waals surface area (Å²) in [6.45, 7) is 11.4. The van der Waals surface area contributed by atoms with Gasteiger partial charge in [0.2, 0.25) is 24.4 Å². The third-order valence-electron chi connectivity index (χ3n) is 24.4. The van der Waals surface area contributed by atoms with Crippen LogP contribution in [0.15, 0.2) is 133 Å². The molecule has 0 saturated carbocycles. The van der Waals surface area contributed by atoms with E-state index in [-0.39, 0.29) is 223 Å². The Morgan fingerprint density at radius 2 is 0.956 bits per heavy atom. The second kappa shape index (κ2) is 49.5. The van der Waals surface area contributed by atoms with Gasteiger partial charge in [0.05, 0.1) is 144 Å². The molecule has 0 aromatic heterocycles. The molecule has 0 bridgehead atoms. The Labute approximate surface area is 792 Å². The Balaban J connectivity index is 0.555. The first-order valence-corrected chi connectivity index (χ1v) is 46.1. The van der Waals surface area contributed by atoms with Crippen LogP contribution in [0.4, 0.5) is 26.7 Å². The Kier molecular flexibility index (Phi) is 37.0. The number of amides is 6. The molecule has 6 aromatic rings. The number of anilines is 3. The summed E-state index contributed by atoms with van der Waals surface area (Å²) in [4.78, 5) is 132. The number of carbonyl (C=O) groups excluding carboxylic acids is 9. The van der Waals surface area contributed by atoms with Gasteiger partial charge in [-0.15, -0.1) is 0 Å². The summed E-state index contributed by atoms with van der Waals surface area (Å²) in [6.07, 6.45) is -13.9. The molecule has 0 aliphatic carbocycles. The summed E-state index contributed by atoms with van der Waals surface area (Å²) >= 11 is 0. The zero-order chi connectivity index (χ0) is 97.3. The molecule has 13 rings (SSSR count). The van der Waals surface area contributed by atoms with Gasteiger partial charge >= 0.3 is 12.2 Å². The van der Waals surface area contributed by atoms with Gasteiger partial charge in [-0.25, -0.2) is 19.4 Å². The topological polar surface area (TPSA) is 473 Å². The van der Waals surface area contributed by atoms with Crippen LogP contribution >= 0.6 is 0 Å². The summed E-state index contributed by atoms with van der Waals surface area (Å²) in [6, 6.07) is 27.9. The number of benzene rings is 6. The highest BCUT2D eigenvalue weighted by Crippen LogP contribution is 2.45. The number of carbonyl (C=O) groups is 9. The minimum Gasteiger partial charge on any atom is -0.493 e. The van der Waals surface area contributed by atoms with E-state index in [1.807, 2.05) is 48.5 Å². The summed E-state index contributed by atoms with van der Waals surface area (Å²) < 4.78 is 80.6. The lowest BCUT2D eigenvalue weighted by Gasteiger charge is -2.35. The van der Waals surface area contributed by atoms with Gasteiger partial charge in [0.1, 0.15) is 72.9 Å². The van der Waals surface area contributed by atoms with E-state index in [0.717, 1.165) is 32.2 Å². The number of hydrogen-bond acceptors (Lipinski definition) is 31. The first-order valence-electron chi connectivity index (χ1n) is 46.1. The third-order valence-corrected chi connectivity index (χ3v) is 24.4. The van der Waals surface area contributed by atoms with Gasteiger partial charge in [-0.3, -0.25) is 33.6 Å². The third kappa shape index (κ3) is 26.4. The van der Waals surface area contributed by atoms with Crippen molar-refractivity contribution < 1.29 is 150 Å². The van der Waals surface area contributed by atoms with Crippen LogP contribution in [0.3, 0.4) is 0 Å². The molecule has 137 heavy (non-hydrogen) atoms. The lowest BCUT2D eigenvalue weighted by atomic mass is 10.00. The molecule has 7 aliphatic heterocycles. The standard InChI is InChI=1S/C100H120N6O31/c1-60-45-76-95(120)105(99(122)134-56-63-24-28-82(136-97-91(116)89(114)80(110)58-132-97)71(48-63)78(108)22-9-6-8-20-68(107)31-37-126-39-41-128-43-44-129-42-40-127-38-32-87(112)101-33-30-88(113)102-55-67-19-11-10-17-65(67)26-27-66-18-12-13-21-73(66)102)74-51-84(62(3)47-69(74)93(118)103(76)53-60)130-35-14-7-15-36-131-86-52-75-70(50-85(86)125-5)94(119)104-54-61(2)46-77(104)96(121)106(75)100(123)135-57-64-25-29-83(72(49-64)79(109)23-16-34-124-4)137-98-92(117)90(115)81(111)59-133-98/h10-13,17-19,21,24-25,28-29,47-52,76-77,80-81,89-92,95-98,110-111,114-117,120-121H,1-2,6-9,14-16,20,22-23,30-46,53-59H2,3-5H3,(H,101,112)/t76-,77-,80+,81+,89-,90-,91+,92+,95?,96?,97-,98-/m0/s1. The number of nitrogens with zero attached hydrogens (tertiary/aromatic N) is 5. The van der Waals surface area contributed by atoms with Crippen molar-refractivity contribution in [3.05, 3.63) is 189 Å². The molecular weight excluding hydrogens is 1780 g/mol. The second-order valence-corrected chi connectivity index (χ2v) is 34.4. The number of fused-ring (bicyclic) bond motifs is 6. The molecule has 6 amide bonds. The van der Waals surface area contributed by atoms with Crippen LogP contribution in [-0.4, -0.2) is 297 Å². The Morgan fingerprint density at radius 1 is 0.467 bits per heavy atom. The molecule has 6 aromatic carbocycles. The monoisotopic (exact) mass is 1900 g/mol. The number of rotatable bonds is 47. The zero-order valence-electron chi connectivity index (χ0n) is 77.0. The van der Waals surface area contributed by atoms with E-state index < -0.39 is 129 Å². The molecule has 7 heterocycles. The lowest BCUT2D eigenvalue weighted by Crippen LogP contribution is -2.54. The average Bonchev–Trinajstić information content (AvgIpc) is 1.61. The highest BCUT2D eigenvalue weighted by Gasteiger charge is 2.49. The number of aryl methyl sites for hydroxylation is 1. The fraction of sp³-hybridized carbons (Fsp3) is 0.490. The van der Waals surface area contributed by atoms with Crippen molar-refractivity contribution in [2.24, 2.45) is 0 Å². The Hall–Kier alpha value is -11.8. The van der Waals surface area contributed by atoms with Crippen LogP contribution in [0.25, 0.3) is 0 Å². The largest absolute Gasteiger partial charge is 0.493 e. The van der Waals surface area contributed by atoms with Crippen molar-refractivity contribution in [3.63, 3.8) is 0 Å². The Morgan fingerprint density at radius 3 is 1.52 bits per heavy atom. The molecule has 12 atom stereocenters. The quantitative estimate of drug-likeness (QED) is 0.00779. The van der Waals surface area contributed by atoms with Crippen LogP contribution in [0.1, 0.15) is 171 Å². The first-order chi connectivity index (χ1) is 66.2. The smallest absolute Gasteiger partial charge is 0.416 e. The number of para-hydroxylation sites is 1. The van der Waals surface area contributed by atoms with Gasteiger partial charge < -0.3 is 127 Å². The van der Waals surface area contributed by atoms with E-state index >= 15 is 0 Å². The van der Waals surface area contributed by atoms with Crippen molar-refractivity contribution in [3.8, 4) is 40.6 Å². The van der Waals surface area contributed by atoms with Crippen LogP contribution in [0, 0.1) is 18.8 Å². The summed E-state index contributed by atoms with van der Waals surface area (Å²) in [5.74, 6) is 4.61. The van der Waals surface area contributed by atoms with Crippen molar-refractivity contribution in [1.82, 2.24) is 15.1 Å². The first kappa shape index (κ1) is 103. The minimum absolute atomic E-state index is 0.00329. The molecule has 0 spiro atoms. The van der Waals surface area contributed by atoms with Gasteiger partial charge in [0.15, 0.2) is 35.5 Å². The summed E-state index contributed by atoms with van der Waals surface area (Å²) in [5, 5.41) is 89.8. The fourth-order valence-corrected chi connectivity index (χ4v) is 17.0. The number of hydrogen-bond donors (Lipinski definition) is 9. The maximum Gasteiger partial charge on any atom is 0.416 e. The number of aliphatic hydroxyl groups excluding tert-OH is 8. The SMILES string of the molecule is C=C1C[C@H]2C(O)N(C(=O)OCc3ccc(O[C@@H]4OC[C@@H](O)[C@H](O)[C@H]4O)c(C(=O)CCCCCC(=O)CCOCCOCCOCCOCCC(=O)NCCC(=O)N4Cc5ccccc5C#Cc5ccccc54)c3)c3cc(OCCCCCOc4cc5c(cc4OC)C(=O)N4CC(=C)C[C@H]4C(O)N5C(=O)OCc4ccc(O[C@@H]5OC[C@@H](O)[C@H](O)[C@H]5O)c(C(=O)CCCOC)c4)c(C)cc3C(=O)N2C1. The summed E-state index contributed by atoms with van der Waals surface area (Å²) in [5.41, 5.74) is 5.69. The summed E-state index contributed by atoms with van der Waals surface area (Å²) in [7, 11) is 2.87. The highest BCUT2D eigenvalue weighted by molar-refractivity contribution is 6.08. The number of Topliss-reactive ketones (excluding diaryl/α,β-unsaturated/α-hetero) is 3. The molecule has 0 radical (unpaired) electrons. The molecule has 736 valence electrons. The van der Waals surface area contributed by atoms with E-state index in [0.29, 0.717) is 87.0 Å². The van der Waals surface area contributed by atoms with Gasteiger partial charge in [0.25, 0.3) is 11.8 Å². The van der Waals surface area contributed by atoms with Gasteiger partial charge in [-0.05, 0) is 135 Å². The average molecular weight is 1900 g/mol. The van der Waals surface area contributed by atoms with Gasteiger partial charge in [0, 0.05) is 95.1 Å². The zero-order valence-corrected chi connectivity index (χ0v) is 77.0. The van der Waals surface area contributed by atoms with Gasteiger partial charge in [-0.2, -0.15) is 0 Å². The van der Waals surface area contributed by atoms with E-state index in [4.69, 9.17) is 66.3 Å². The van der Waals surface area contributed by atoms with E-state index in [1.54, 1.807) is 17.9 Å². The number of aliphatic hydroxyl groups is 8. The van der Waals surface area contributed by atoms with Crippen molar-refractivity contribution in [2.45, 2.75) is 197 Å². The fourth-order valence-electron chi connectivity index (χ4n) is 17.0. The van der Waals surface area contributed by atoms with E-state index in [1.165, 1.54) is 78.6 Å². The lowest BCUT2D eigenvalue weighted by molar-refractivity contribution is -0.242. The number of ketones is 3. The molecular formula is C100H120N6O31. The molecule has 37 nitrogen and oxygen atoms in total. The minimum atomic E-state index is -1.72. The normalized spacial score (nSPS) is 21.5. The van der Waals surface area contributed by atoms with Crippen molar-refractivity contribution in [1.29, 1.82) is 0 Å².